The molecule has 1 aromatic rings. The number of rotatable bonds is 5. The summed E-state index contributed by atoms with van der Waals surface area (Å²) >= 11 is 0. The van der Waals surface area contributed by atoms with E-state index in [0.29, 0.717) is 13.1 Å². The molecule has 106 valence electrons. The first kappa shape index (κ1) is 17.6. The lowest BCUT2D eigenvalue weighted by Crippen LogP contribution is -3.00. The van der Waals surface area contributed by atoms with Gasteiger partial charge in [0.25, 0.3) is 0 Å². The van der Waals surface area contributed by atoms with Crippen LogP contribution in [0.2, 0.25) is 0 Å². The van der Waals surface area contributed by atoms with Crippen molar-refractivity contribution < 1.29 is 25.6 Å². The van der Waals surface area contributed by atoms with Crippen LogP contribution in [0, 0.1) is 5.39 Å². The lowest BCUT2D eigenvalue weighted by molar-refractivity contribution is -0.00000699. The van der Waals surface area contributed by atoms with Crippen molar-refractivity contribution in [3.8, 4) is 5.75 Å². The summed E-state index contributed by atoms with van der Waals surface area (Å²) in [6.45, 7) is 4.34. The zero-order chi connectivity index (χ0) is 13.8. The number of hydrogen-bond acceptors (Lipinski definition) is 4. The molecule has 0 atom stereocenters. The fourth-order valence-corrected chi connectivity index (χ4v) is 3.09. The molecule has 0 spiro atoms. The summed E-state index contributed by atoms with van der Waals surface area (Å²) < 4.78 is 30.8. The van der Waals surface area contributed by atoms with Crippen molar-refractivity contribution in [2.24, 2.45) is 0 Å². The molecule has 1 aromatic carbocycles. The quantitative estimate of drug-likeness (QED) is 0.669. The minimum atomic E-state index is -3.53. The second-order valence-electron chi connectivity index (χ2n) is 3.52. The van der Waals surface area contributed by atoms with Crippen LogP contribution in [0.3, 0.4) is 0 Å². The third-order valence-corrected chi connectivity index (χ3v) is 4.65. The minimum Gasteiger partial charge on any atom is -1.00 e. The molecule has 19 heavy (non-hydrogen) atoms. The molecule has 0 saturated carbocycles. The van der Waals surface area contributed by atoms with Crippen molar-refractivity contribution >= 4 is 15.7 Å². The van der Waals surface area contributed by atoms with Crippen LogP contribution in [0.1, 0.15) is 13.8 Å². The first-order chi connectivity index (χ1) is 8.51. The van der Waals surface area contributed by atoms with Crippen molar-refractivity contribution in [2.45, 2.75) is 18.7 Å². The van der Waals surface area contributed by atoms with Crippen molar-refractivity contribution in [3.05, 3.63) is 23.2 Å². The lowest BCUT2D eigenvalue weighted by atomic mass is 10.3. The predicted molar refractivity (Wildman–Crippen MR) is 67.8 cm³/mol. The SMILES string of the molecule is CCN(CC)S(=O)(=O)c1ccc([N+]#N)c(OC)c1.[Cl-]. The van der Waals surface area contributed by atoms with E-state index in [9.17, 15) is 8.42 Å². The Kier molecular flexibility index (Phi) is 6.76. The fourth-order valence-electron chi connectivity index (χ4n) is 1.61. The van der Waals surface area contributed by atoms with E-state index in [4.69, 9.17) is 10.1 Å². The van der Waals surface area contributed by atoms with Crippen LogP contribution < -0.4 is 17.1 Å². The van der Waals surface area contributed by atoms with Crippen LogP contribution in [0.5, 0.6) is 5.75 Å². The van der Waals surface area contributed by atoms with Crippen LogP contribution in [0.15, 0.2) is 23.1 Å². The highest BCUT2D eigenvalue weighted by Crippen LogP contribution is 2.30. The van der Waals surface area contributed by atoms with E-state index >= 15 is 0 Å². The summed E-state index contributed by atoms with van der Waals surface area (Å²) in [7, 11) is -2.14. The van der Waals surface area contributed by atoms with E-state index in [-0.39, 0.29) is 28.7 Å². The van der Waals surface area contributed by atoms with Gasteiger partial charge in [0.2, 0.25) is 21.2 Å². The Bertz CT molecular complexity index is 565. The number of diazo groups is 1. The van der Waals surface area contributed by atoms with Gasteiger partial charge in [0.15, 0.2) is 4.98 Å². The van der Waals surface area contributed by atoms with Gasteiger partial charge in [0.1, 0.15) is 0 Å². The Balaban J connectivity index is 0.00000324. The van der Waals surface area contributed by atoms with Gasteiger partial charge in [0, 0.05) is 25.2 Å². The smallest absolute Gasteiger partial charge is 0.426 e. The van der Waals surface area contributed by atoms with Gasteiger partial charge >= 0.3 is 5.69 Å². The Hall–Kier alpha value is -1.36. The Morgan fingerprint density at radius 3 is 2.32 bits per heavy atom. The Morgan fingerprint density at radius 1 is 1.32 bits per heavy atom. The highest BCUT2D eigenvalue weighted by atomic mass is 35.5. The first-order valence-electron chi connectivity index (χ1n) is 5.54. The summed E-state index contributed by atoms with van der Waals surface area (Å²) in [5.74, 6) is 0.214. The van der Waals surface area contributed by atoms with Crippen molar-refractivity contribution in [3.63, 3.8) is 0 Å². The highest BCUT2D eigenvalue weighted by Gasteiger charge is 2.25. The van der Waals surface area contributed by atoms with Crippen LogP contribution in [-0.2, 0) is 10.0 Å². The van der Waals surface area contributed by atoms with Gasteiger partial charge in [0.05, 0.1) is 12.0 Å². The third-order valence-electron chi connectivity index (χ3n) is 2.60. The molecule has 8 heteroatoms. The Labute approximate surface area is 119 Å². The molecule has 0 radical (unpaired) electrons. The molecule has 0 aromatic heterocycles. The molecular formula is C11H16ClN3O3S. The average molecular weight is 306 g/mol. The number of nitrogens with zero attached hydrogens (tertiary/aromatic N) is 3. The molecule has 0 amide bonds. The predicted octanol–water partition coefficient (Wildman–Crippen LogP) is -0.786. The summed E-state index contributed by atoms with van der Waals surface area (Å²) in [4.78, 5) is 3.14. The number of hydrogen-bond donors (Lipinski definition) is 0. The molecule has 0 fully saturated rings. The molecule has 0 heterocycles. The molecule has 0 N–H and O–H groups in total. The standard InChI is InChI=1S/C11H16N3O3S.ClH/c1-4-14(5-2)18(15,16)9-6-7-10(13-12)11(8-9)17-3;/h6-8H,4-5H2,1-3H3;1H/q+1;/p-1. The lowest BCUT2D eigenvalue weighted by Gasteiger charge is -2.18. The number of methoxy groups -OCH3 is 1. The molecule has 1 rings (SSSR count). The molecule has 0 aliphatic heterocycles. The summed E-state index contributed by atoms with van der Waals surface area (Å²) in [6.07, 6.45) is 0. The number of halogens is 1. The third kappa shape index (κ3) is 3.56. The minimum absolute atomic E-state index is 0. The van der Waals surface area contributed by atoms with E-state index < -0.39 is 10.0 Å². The maximum atomic E-state index is 12.2. The maximum absolute atomic E-state index is 12.2. The summed E-state index contributed by atoms with van der Waals surface area (Å²) in [5, 5.41) is 8.73. The van der Waals surface area contributed by atoms with Crippen molar-refractivity contribution in [1.82, 2.24) is 4.31 Å². The molecule has 0 aliphatic carbocycles. The molecule has 0 unspecified atom stereocenters. The molecule has 0 bridgehead atoms. The van der Waals surface area contributed by atoms with Gasteiger partial charge in [-0.2, -0.15) is 4.31 Å². The van der Waals surface area contributed by atoms with Gasteiger partial charge in [-0.05, 0) is 6.07 Å². The second kappa shape index (κ2) is 7.28. The van der Waals surface area contributed by atoms with E-state index in [0.717, 1.165) is 0 Å². The van der Waals surface area contributed by atoms with Gasteiger partial charge in [-0.1, -0.05) is 13.8 Å². The largest absolute Gasteiger partial charge is 1.00 e. The van der Waals surface area contributed by atoms with Crippen LogP contribution in [0.25, 0.3) is 4.98 Å². The van der Waals surface area contributed by atoms with Crippen LogP contribution in [-0.4, -0.2) is 32.9 Å². The molecule has 0 saturated heterocycles. The fraction of sp³-hybridized carbons (Fsp3) is 0.455. The summed E-state index contributed by atoms with van der Waals surface area (Å²) in [6, 6.07) is 4.14. The number of benzene rings is 1. The number of ether oxygens (including phenoxy) is 1. The van der Waals surface area contributed by atoms with Crippen LogP contribution in [0.4, 0.5) is 5.69 Å². The van der Waals surface area contributed by atoms with Gasteiger partial charge in [-0.25, -0.2) is 8.42 Å². The highest BCUT2D eigenvalue weighted by molar-refractivity contribution is 7.89. The molecule has 6 nitrogen and oxygen atoms in total. The summed E-state index contributed by atoms with van der Waals surface area (Å²) in [5.41, 5.74) is 0.191. The average Bonchev–Trinajstić information content (AvgIpc) is 2.38. The van der Waals surface area contributed by atoms with Gasteiger partial charge in [-0.3, -0.25) is 0 Å². The first-order valence-corrected chi connectivity index (χ1v) is 6.98. The zero-order valence-corrected chi connectivity index (χ0v) is 12.6. The number of sulfonamides is 1. The molecular weight excluding hydrogens is 290 g/mol. The van der Waals surface area contributed by atoms with Gasteiger partial charge < -0.3 is 17.1 Å². The van der Waals surface area contributed by atoms with E-state index in [1.54, 1.807) is 13.8 Å². The topological polar surface area (TPSA) is 74.8 Å². The van der Waals surface area contributed by atoms with E-state index in [1.807, 2.05) is 0 Å². The zero-order valence-electron chi connectivity index (χ0n) is 11.0. The molecule has 0 aliphatic rings. The normalized spacial score (nSPS) is 10.7. The van der Waals surface area contributed by atoms with Crippen LogP contribution >= 0.6 is 0 Å². The van der Waals surface area contributed by atoms with Crippen molar-refractivity contribution in [1.29, 1.82) is 5.39 Å². The monoisotopic (exact) mass is 305 g/mol. The van der Waals surface area contributed by atoms with Gasteiger partial charge in [-0.15, -0.1) is 0 Å². The second-order valence-corrected chi connectivity index (χ2v) is 5.46. The van der Waals surface area contributed by atoms with Crippen molar-refractivity contribution in [2.75, 3.05) is 20.2 Å². The van der Waals surface area contributed by atoms with E-state index in [2.05, 4.69) is 4.98 Å². The maximum Gasteiger partial charge on any atom is 0.426 e. The Morgan fingerprint density at radius 2 is 1.89 bits per heavy atom. The van der Waals surface area contributed by atoms with E-state index in [1.165, 1.54) is 29.6 Å².